The lowest BCUT2D eigenvalue weighted by atomic mass is 10.2. The Morgan fingerprint density at radius 1 is 0.867 bits per heavy atom. The third-order valence-corrected chi connectivity index (χ3v) is 5.48. The highest BCUT2D eigenvalue weighted by atomic mass is 33.1. The number of rotatable bonds is 10. The number of carbonyl (C=O) groups excluding carboxylic acids is 3. The second kappa shape index (κ2) is 13.1. The highest BCUT2D eigenvalue weighted by Gasteiger charge is 2.27. The average Bonchev–Trinajstić information content (AvgIpc) is 2.58. The molecule has 176 valence electrons. The van der Waals surface area contributed by atoms with Crippen LogP contribution in [0.25, 0.3) is 0 Å². The van der Waals surface area contributed by atoms with Gasteiger partial charge >= 0.3 is 18.2 Å². The molecule has 0 rings (SSSR count). The summed E-state index contributed by atoms with van der Waals surface area (Å²) in [6.07, 6.45) is -2.67. The van der Waals surface area contributed by atoms with E-state index in [0.29, 0.717) is 0 Å². The van der Waals surface area contributed by atoms with Gasteiger partial charge in [0, 0.05) is 18.6 Å². The highest BCUT2D eigenvalue weighted by molar-refractivity contribution is 8.76. The molecule has 1 unspecified atom stereocenters. The minimum absolute atomic E-state index is 0.179. The summed E-state index contributed by atoms with van der Waals surface area (Å²) in [6.45, 7) is 10.3. The van der Waals surface area contributed by atoms with Crippen molar-refractivity contribution in [1.82, 2.24) is 10.6 Å². The summed E-state index contributed by atoms with van der Waals surface area (Å²) in [6, 6.07) is -1.68. The van der Waals surface area contributed by atoms with E-state index in [2.05, 4.69) is 10.6 Å². The van der Waals surface area contributed by atoms with Gasteiger partial charge in [-0.3, -0.25) is 0 Å². The molecule has 0 aromatic rings. The van der Waals surface area contributed by atoms with Crippen molar-refractivity contribution in [1.29, 1.82) is 0 Å². The largest absolute Gasteiger partial charge is 0.467 e. The van der Waals surface area contributed by atoms with Crippen LogP contribution in [0.4, 0.5) is 9.59 Å². The van der Waals surface area contributed by atoms with Crippen LogP contribution in [0.15, 0.2) is 0 Å². The van der Waals surface area contributed by atoms with Crippen molar-refractivity contribution in [2.24, 2.45) is 0 Å². The zero-order valence-electron chi connectivity index (χ0n) is 18.8. The van der Waals surface area contributed by atoms with Gasteiger partial charge in [-0.2, -0.15) is 0 Å². The van der Waals surface area contributed by atoms with Crippen molar-refractivity contribution in [2.75, 3.05) is 25.7 Å². The van der Waals surface area contributed by atoms with Crippen molar-refractivity contribution >= 4 is 39.7 Å². The van der Waals surface area contributed by atoms with Crippen LogP contribution < -0.4 is 10.6 Å². The van der Waals surface area contributed by atoms with Crippen molar-refractivity contribution < 1.29 is 38.4 Å². The van der Waals surface area contributed by atoms with Gasteiger partial charge in [0.2, 0.25) is 0 Å². The first-order chi connectivity index (χ1) is 13.7. The van der Waals surface area contributed by atoms with Gasteiger partial charge < -0.3 is 34.7 Å². The molecule has 0 spiro atoms. The minimum atomic E-state index is -1.25. The second-order valence-corrected chi connectivity index (χ2v) is 10.7. The van der Waals surface area contributed by atoms with Crippen molar-refractivity contribution in [3.05, 3.63) is 0 Å². The molecule has 0 saturated carbocycles. The van der Waals surface area contributed by atoms with E-state index < -0.39 is 47.7 Å². The molecule has 0 bridgehead atoms. The Morgan fingerprint density at radius 3 is 1.77 bits per heavy atom. The third kappa shape index (κ3) is 13.8. The molecule has 0 heterocycles. The van der Waals surface area contributed by atoms with Gasteiger partial charge in [0.15, 0.2) is 6.29 Å². The van der Waals surface area contributed by atoms with Crippen molar-refractivity contribution in [3.8, 4) is 0 Å². The molecule has 0 fully saturated rings. The quantitative estimate of drug-likeness (QED) is 0.144. The third-order valence-electron chi connectivity index (χ3n) is 3.03. The molecule has 3 atom stereocenters. The fraction of sp³-hybridized carbons (Fsp3) is 0.833. The molecular formula is C18H34N2O8S2. The van der Waals surface area contributed by atoms with Crippen LogP contribution in [0.1, 0.15) is 41.5 Å². The van der Waals surface area contributed by atoms with E-state index in [4.69, 9.17) is 18.9 Å². The van der Waals surface area contributed by atoms with Crippen LogP contribution in [0.5, 0.6) is 0 Å². The molecule has 0 aliphatic heterocycles. The first kappa shape index (κ1) is 28.6. The molecule has 0 radical (unpaired) electrons. The number of ether oxygens (including phenoxy) is 4. The van der Waals surface area contributed by atoms with E-state index in [0.717, 1.165) is 0 Å². The molecule has 12 heteroatoms. The molecule has 0 aromatic carbocycles. The molecule has 10 nitrogen and oxygen atoms in total. The molecule has 0 saturated heterocycles. The monoisotopic (exact) mass is 470 g/mol. The van der Waals surface area contributed by atoms with Gasteiger partial charge in [-0.15, -0.1) is 0 Å². The second-order valence-electron chi connectivity index (χ2n) is 8.17. The maximum absolute atomic E-state index is 12.0. The summed E-state index contributed by atoms with van der Waals surface area (Å²) in [4.78, 5) is 35.8. The Bertz CT molecular complexity index is 563. The number of hydrogen-bond donors (Lipinski definition) is 3. The maximum atomic E-state index is 12.0. The predicted molar refractivity (Wildman–Crippen MR) is 116 cm³/mol. The van der Waals surface area contributed by atoms with Crippen molar-refractivity contribution in [2.45, 2.75) is 71.1 Å². The number of aliphatic hydroxyl groups is 1. The number of aliphatic hydroxyl groups excluding tert-OH is 1. The lowest BCUT2D eigenvalue weighted by molar-refractivity contribution is -0.142. The van der Waals surface area contributed by atoms with Gasteiger partial charge in [-0.05, 0) is 41.5 Å². The molecule has 0 aliphatic rings. The molecule has 30 heavy (non-hydrogen) atoms. The summed E-state index contributed by atoms with van der Waals surface area (Å²) in [5, 5.41) is 15.0. The summed E-state index contributed by atoms with van der Waals surface area (Å²) >= 11 is 0. The normalized spacial score (nSPS) is 14.8. The zero-order chi connectivity index (χ0) is 23.5. The minimum Gasteiger partial charge on any atom is -0.467 e. The number of carbonyl (C=O) groups is 3. The Balaban J connectivity index is 4.72. The lowest BCUT2D eigenvalue weighted by Crippen LogP contribution is -2.47. The molecule has 0 aliphatic carbocycles. The van der Waals surface area contributed by atoms with Crippen LogP contribution in [-0.2, 0) is 23.7 Å². The van der Waals surface area contributed by atoms with E-state index in [1.807, 2.05) is 0 Å². The van der Waals surface area contributed by atoms with Gasteiger partial charge in [0.25, 0.3) is 0 Å². The fourth-order valence-electron chi connectivity index (χ4n) is 1.82. The van der Waals surface area contributed by atoms with E-state index in [-0.39, 0.29) is 11.5 Å². The van der Waals surface area contributed by atoms with Crippen LogP contribution in [0, 0.1) is 0 Å². The standard InChI is InChI=1S/C18H34N2O8S2/c1-17(2,3)27-15(23)19-11(13(21)25-7)9-29-30-10-12(14(22)26-8)20-16(24)28-18(4,5)6/h11-13,21H,9-10H2,1-8H3,(H,19,23)(H,20,24)/t11-,12-,13?/m0/s1. The van der Waals surface area contributed by atoms with Crippen molar-refractivity contribution in [3.63, 3.8) is 0 Å². The van der Waals surface area contributed by atoms with E-state index >= 15 is 0 Å². The number of amides is 2. The van der Waals surface area contributed by atoms with Gasteiger partial charge in [0.05, 0.1) is 13.2 Å². The Morgan fingerprint density at radius 2 is 1.33 bits per heavy atom. The number of alkyl carbamates (subject to hydrolysis) is 2. The van der Waals surface area contributed by atoms with Crippen LogP contribution >= 0.6 is 21.6 Å². The topological polar surface area (TPSA) is 132 Å². The summed E-state index contributed by atoms with van der Waals surface area (Å²) in [7, 11) is 5.05. The Labute approximate surface area is 185 Å². The SMILES string of the molecule is COC(=O)[C@H](CSSC[C@H](NC(=O)OC(C)(C)C)C(O)OC)NC(=O)OC(C)(C)C. The van der Waals surface area contributed by atoms with E-state index in [9.17, 15) is 19.5 Å². The number of methoxy groups -OCH3 is 2. The Hall–Kier alpha value is -1.37. The number of hydrogen-bond acceptors (Lipinski definition) is 10. The molecule has 3 N–H and O–H groups in total. The molecule has 0 aromatic heterocycles. The molecular weight excluding hydrogens is 436 g/mol. The predicted octanol–water partition coefficient (Wildman–Crippen LogP) is 2.29. The van der Waals surface area contributed by atoms with Gasteiger partial charge in [-0.1, -0.05) is 21.6 Å². The van der Waals surface area contributed by atoms with Crippen LogP contribution in [0.2, 0.25) is 0 Å². The Kier molecular flexibility index (Phi) is 12.5. The van der Waals surface area contributed by atoms with Gasteiger partial charge in [-0.25, -0.2) is 14.4 Å². The lowest BCUT2D eigenvalue weighted by Gasteiger charge is -2.26. The maximum Gasteiger partial charge on any atom is 0.408 e. The first-order valence-electron chi connectivity index (χ1n) is 9.20. The van der Waals surface area contributed by atoms with E-state index in [1.165, 1.54) is 35.8 Å². The number of esters is 1. The van der Waals surface area contributed by atoms with Gasteiger partial charge in [0.1, 0.15) is 17.2 Å². The smallest absolute Gasteiger partial charge is 0.408 e. The van der Waals surface area contributed by atoms with Crippen LogP contribution in [-0.4, -0.2) is 78.6 Å². The summed E-state index contributed by atoms with van der Waals surface area (Å²) in [5.41, 5.74) is -1.39. The summed E-state index contributed by atoms with van der Waals surface area (Å²) in [5.74, 6) is -0.188. The molecule has 2 amide bonds. The number of nitrogens with one attached hydrogen (secondary N) is 2. The highest BCUT2D eigenvalue weighted by Crippen LogP contribution is 2.24. The van der Waals surface area contributed by atoms with E-state index in [1.54, 1.807) is 41.5 Å². The van der Waals surface area contributed by atoms with Crippen LogP contribution in [0.3, 0.4) is 0 Å². The zero-order valence-corrected chi connectivity index (χ0v) is 20.4. The average molecular weight is 471 g/mol. The summed E-state index contributed by atoms with van der Waals surface area (Å²) < 4.78 is 19.9. The first-order valence-corrected chi connectivity index (χ1v) is 11.7. The fourth-order valence-corrected chi connectivity index (χ4v) is 4.18.